The average Bonchev–Trinajstić information content (AvgIpc) is 2.28. The number of carbonyl (C=O) groups is 1. The molecule has 0 bridgehead atoms. The van der Waals surface area contributed by atoms with Crippen molar-refractivity contribution in [1.29, 1.82) is 0 Å². The molecule has 0 spiro atoms. The number of piperidine rings is 1. The molecule has 3 nitrogen and oxygen atoms in total. The number of carbonyl (C=O) groups excluding carboxylic acids is 1. The fourth-order valence-electron chi connectivity index (χ4n) is 3.53. The van der Waals surface area contributed by atoms with E-state index in [9.17, 15) is 4.79 Å². The molecule has 2 N–H and O–H groups in total. The summed E-state index contributed by atoms with van der Waals surface area (Å²) in [5, 5.41) is 6.70. The van der Waals surface area contributed by atoms with Crippen LogP contribution in [0.4, 0.5) is 0 Å². The molecule has 1 aliphatic heterocycles. The van der Waals surface area contributed by atoms with Crippen molar-refractivity contribution in [2.24, 2.45) is 11.3 Å². The minimum absolute atomic E-state index is 0.170. The summed E-state index contributed by atoms with van der Waals surface area (Å²) >= 11 is 0. The summed E-state index contributed by atoms with van der Waals surface area (Å²) in [7, 11) is 0. The highest BCUT2D eigenvalue weighted by Gasteiger charge is 2.32. The van der Waals surface area contributed by atoms with Gasteiger partial charge in [-0.15, -0.1) is 0 Å². The van der Waals surface area contributed by atoms with Crippen LogP contribution >= 0.6 is 0 Å². The molecule has 3 atom stereocenters. The van der Waals surface area contributed by atoms with E-state index >= 15 is 0 Å². The van der Waals surface area contributed by atoms with Gasteiger partial charge in [-0.05, 0) is 51.0 Å². The molecule has 2 fully saturated rings. The molecule has 104 valence electrons. The van der Waals surface area contributed by atoms with Crippen LogP contribution < -0.4 is 10.6 Å². The molecule has 0 radical (unpaired) electrons. The molecular formula is C15H28N2O. The van der Waals surface area contributed by atoms with Gasteiger partial charge >= 0.3 is 0 Å². The third kappa shape index (κ3) is 3.47. The van der Waals surface area contributed by atoms with Crippen molar-refractivity contribution < 1.29 is 4.79 Å². The van der Waals surface area contributed by atoms with Crippen LogP contribution in [0.2, 0.25) is 0 Å². The van der Waals surface area contributed by atoms with Crippen LogP contribution in [0, 0.1) is 11.3 Å². The van der Waals surface area contributed by atoms with Gasteiger partial charge in [-0.2, -0.15) is 0 Å². The highest BCUT2D eigenvalue weighted by molar-refractivity contribution is 5.79. The second kappa shape index (κ2) is 5.60. The van der Waals surface area contributed by atoms with E-state index < -0.39 is 0 Å². The van der Waals surface area contributed by atoms with Crippen LogP contribution in [-0.4, -0.2) is 24.5 Å². The van der Waals surface area contributed by atoms with Gasteiger partial charge in [0, 0.05) is 12.1 Å². The Morgan fingerprint density at radius 1 is 1.28 bits per heavy atom. The summed E-state index contributed by atoms with van der Waals surface area (Å²) in [6, 6.07) is 0.728. The number of hydrogen-bond acceptors (Lipinski definition) is 2. The van der Waals surface area contributed by atoms with Crippen LogP contribution in [0.1, 0.15) is 59.3 Å². The molecule has 0 aromatic rings. The molecule has 1 heterocycles. The third-order valence-corrected chi connectivity index (χ3v) is 4.65. The summed E-state index contributed by atoms with van der Waals surface area (Å²) in [5.74, 6) is 0.446. The van der Waals surface area contributed by atoms with Crippen molar-refractivity contribution in [1.82, 2.24) is 10.6 Å². The molecular weight excluding hydrogens is 224 g/mol. The van der Waals surface area contributed by atoms with Crippen molar-refractivity contribution in [2.75, 3.05) is 6.54 Å². The van der Waals surface area contributed by atoms with Crippen LogP contribution in [-0.2, 0) is 4.79 Å². The molecule has 1 saturated heterocycles. The highest BCUT2D eigenvalue weighted by Crippen LogP contribution is 2.35. The lowest BCUT2D eigenvalue weighted by atomic mass is 9.75. The number of amides is 1. The Kier molecular flexibility index (Phi) is 4.31. The lowest BCUT2D eigenvalue weighted by molar-refractivity contribution is -0.127. The molecule has 2 rings (SSSR count). The van der Waals surface area contributed by atoms with Crippen molar-refractivity contribution >= 4 is 5.91 Å². The second-order valence-electron chi connectivity index (χ2n) is 6.96. The first kappa shape index (κ1) is 13.9. The van der Waals surface area contributed by atoms with Crippen LogP contribution in [0.3, 0.4) is 0 Å². The van der Waals surface area contributed by atoms with Crippen molar-refractivity contribution in [3.05, 3.63) is 0 Å². The lowest BCUT2D eigenvalue weighted by Gasteiger charge is -2.37. The third-order valence-electron chi connectivity index (χ3n) is 4.65. The Labute approximate surface area is 111 Å². The monoisotopic (exact) mass is 252 g/mol. The van der Waals surface area contributed by atoms with Gasteiger partial charge < -0.3 is 10.6 Å². The Morgan fingerprint density at radius 2 is 2.06 bits per heavy atom. The smallest absolute Gasteiger partial charge is 0.224 e. The maximum Gasteiger partial charge on any atom is 0.224 e. The zero-order valence-corrected chi connectivity index (χ0v) is 12.1. The van der Waals surface area contributed by atoms with E-state index in [2.05, 4.69) is 31.4 Å². The first-order valence-corrected chi connectivity index (χ1v) is 7.52. The molecule has 1 aliphatic carbocycles. The largest absolute Gasteiger partial charge is 0.353 e. The Balaban J connectivity index is 1.86. The molecule has 3 heteroatoms. The zero-order chi connectivity index (χ0) is 13.2. The fraction of sp³-hybridized carbons (Fsp3) is 0.933. The minimum Gasteiger partial charge on any atom is -0.353 e. The number of hydrogen-bond donors (Lipinski definition) is 2. The van der Waals surface area contributed by atoms with Gasteiger partial charge in [-0.3, -0.25) is 4.79 Å². The molecule has 1 saturated carbocycles. The van der Waals surface area contributed by atoms with Gasteiger partial charge in [0.2, 0.25) is 5.91 Å². The molecule has 0 aromatic heterocycles. The van der Waals surface area contributed by atoms with Crippen LogP contribution in [0.25, 0.3) is 0 Å². The van der Waals surface area contributed by atoms with E-state index in [1.165, 1.54) is 12.8 Å². The maximum absolute atomic E-state index is 12.3. The standard InChI is InChI=1S/C15H28N2O/c1-11-13(7-5-9-16-11)14(18)17-12-6-4-8-15(2,3)10-12/h11-13,16H,4-10H2,1-3H3,(H,17,18). The van der Waals surface area contributed by atoms with Crippen molar-refractivity contribution in [3.8, 4) is 0 Å². The van der Waals surface area contributed by atoms with E-state index in [0.717, 1.165) is 32.2 Å². The summed E-state index contributed by atoms with van der Waals surface area (Å²) < 4.78 is 0. The van der Waals surface area contributed by atoms with Crippen LogP contribution in [0.15, 0.2) is 0 Å². The predicted octanol–water partition coefficient (Wildman–Crippen LogP) is 2.46. The zero-order valence-electron chi connectivity index (χ0n) is 12.1. The van der Waals surface area contributed by atoms with Gasteiger partial charge in [0.25, 0.3) is 0 Å². The quantitative estimate of drug-likeness (QED) is 0.792. The Hall–Kier alpha value is -0.570. The van der Waals surface area contributed by atoms with Crippen molar-refractivity contribution in [2.45, 2.75) is 71.4 Å². The number of nitrogens with one attached hydrogen (secondary N) is 2. The molecule has 2 aliphatic rings. The second-order valence-corrected chi connectivity index (χ2v) is 6.96. The highest BCUT2D eigenvalue weighted by atomic mass is 16.2. The Morgan fingerprint density at radius 3 is 2.72 bits per heavy atom. The summed E-state index contributed by atoms with van der Waals surface area (Å²) in [5.41, 5.74) is 0.395. The van der Waals surface area contributed by atoms with Gasteiger partial charge in [-0.25, -0.2) is 0 Å². The molecule has 18 heavy (non-hydrogen) atoms. The van der Waals surface area contributed by atoms with Gasteiger partial charge in [-0.1, -0.05) is 20.3 Å². The first-order valence-electron chi connectivity index (χ1n) is 7.52. The van der Waals surface area contributed by atoms with E-state index in [4.69, 9.17) is 0 Å². The van der Waals surface area contributed by atoms with Crippen LogP contribution in [0.5, 0.6) is 0 Å². The molecule has 3 unspecified atom stereocenters. The van der Waals surface area contributed by atoms with E-state index in [1.54, 1.807) is 0 Å². The molecule has 1 amide bonds. The van der Waals surface area contributed by atoms with Gasteiger partial charge in [0.1, 0.15) is 0 Å². The summed E-state index contributed by atoms with van der Waals surface area (Å²) in [6.45, 7) is 7.82. The predicted molar refractivity (Wildman–Crippen MR) is 74.4 cm³/mol. The SMILES string of the molecule is CC1NCCCC1C(=O)NC1CCCC(C)(C)C1. The molecule has 0 aromatic carbocycles. The van der Waals surface area contributed by atoms with E-state index in [-0.39, 0.29) is 11.8 Å². The topological polar surface area (TPSA) is 41.1 Å². The maximum atomic E-state index is 12.3. The van der Waals surface area contributed by atoms with Crippen molar-refractivity contribution in [3.63, 3.8) is 0 Å². The summed E-state index contributed by atoms with van der Waals surface area (Å²) in [4.78, 5) is 12.3. The minimum atomic E-state index is 0.170. The number of rotatable bonds is 2. The van der Waals surface area contributed by atoms with Gasteiger partial charge in [0.15, 0.2) is 0 Å². The first-order chi connectivity index (χ1) is 8.48. The van der Waals surface area contributed by atoms with Gasteiger partial charge in [0.05, 0.1) is 5.92 Å². The Bertz CT molecular complexity index is 301. The van der Waals surface area contributed by atoms with E-state index in [0.29, 0.717) is 17.5 Å². The lowest BCUT2D eigenvalue weighted by Crippen LogP contribution is -2.50. The summed E-state index contributed by atoms with van der Waals surface area (Å²) in [6.07, 6.45) is 6.99. The fourth-order valence-corrected chi connectivity index (χ4v) is 3.53. The van der Waals surface area contributed by atoms with E-state index in [1.807, 2.05) is 0 Å². The average molecular weight is 252 g/mol. The normalized spacial score (nSPS) is 36.1.